The summed E-state index contributed by atoms with van der Waals surface area (Å²) in [5.74, 6) is 2.26. The molecule has 0 aromatic carbocycles. The van der Waals surface area contributed by atoms with Crippen molar-refractivity contribution in [3.8, 4) is 5.88 Å². The molecule has 2 heterocycles. The Hall–Kier alpha value is -2.11. The molecule has 0 saturated heterocycles. The summed E-state index contributed by atoms with van der Waals surface area (Å²) in [5, 5.41) is 3.32. The van der Waals surface area contributed by atoms with Gasteiger partial charge in [0.05, 0.1) is 13.4 Å². The zero-order valence-corrected chi connectivity index (χ0v) is 12.0. The quantitative estimate of drug-likeness (QED) is 0.748. The molecule has 0 unspecified atom stereocenters. The van der Waals surface area contributed by atoms with Crippen molar-refractivity contribution in [2.75, 3.05) is 19.0 Å². The lowest BCUT2D eigenvalue weighted by Crippen LogP contribution is -2.09. The Bertz CT molecular complexity index is 512. The van der Waals surface area contributed by atoms with Crippen molar-refractivity contribution in [1.82, 2.24) is 19.5 Å². The molecule has 0 aliphatic heterocycles. The van der Waals surface area contributed by atoms with Crippen molar-refractivity contribution in [3.63, 3.8) is 0 Å². The molecular weight excluding hydrogens is 254 g/mol. The van der Waals surface area contributed by atoms with Gasteiger partial charge in [0.2, 0.25) is 5.88 Å². The zero-order valence-electron chi connectivity index (χ0n) is 12.0. The van der Waals surface area contributed by atoms with Crippen molar-refractivity contribution in [3.05, 3.63) is 30.6 Å². The van der Waals surface area contributed by atoms with Crippen LogP contribution in [0.2, 0.25) is 0 Å². The van der Waals surface area contributed by atoms with E-state index in [0.717, 1.165) is 44.0 Å². The molecule has 2 rings (SSSR count). The van der Waals surface area contributed by atoms with Crippen LogP contribution in [0.4, 0.5) is 5.82 Å². The first-order valence-electron chi connectivity index (χ1n) is 6.93. The van der Waals surface area contributed by atoms with E-state index >= 15 is 0 Å². The number of methoxy groups -OCH3 is 1. The minimum Gasteiger partial charge on any atom is -0.481 e. The third-order valence-corrected chi connectivity index (χ3v) is 2.89. The number of anilines is 1. The summed E-state index contributed by atoms with van der Waals surface area (Å²) in [6, 6.07) is 1.83. The van der Waals surface area contributed by atoms with Gasteiger partial charge >= 0.3 is 0 Å². The monoisotopic (exact) mass is 275 g/mol. The van der Waals surface area contributed by atoms with Crippen LogP contribution in [0.3, 0.4) is 0 Å². The number of hydrogen-bond acceptors (Lipinski definition) is 5. The van der Waals surface area contributed by atoms with Crippen LogP contribution < -0.4 is 10.1 Å². The van der Waals surface area contributed by atoms with Crippen molar-refractivity contribution in [2.24, 2.45) is 0 Å². The zero-order chi connectivity index (χ0) is 14.2. The van der Waals surface area contributed by atoms with Gasteiger partial charge in [-0.25, -0.2) is 9.97 Å². The molecule has 6 nitrogen and oxygen atoms in total. The Labute approximate surface area is 119 Å². The van der Waals surface area contributed by atoms with Gasteiger partial charge in [-0.3, -0.25) is 0 Å². The highest BCUT2D eigenvalue weighted by atomic mass is 16.5. The summed E-state index contributed by atoms with van der Waals surface area (Å²) >= 11 is 0. The molecule has 0 aliphatic carbocycles. The van der Waals surface area contributed by atoms with Crippen molar-refractivity contribution >= 4 is 5.82 Å². The van der Waals surface area contributed by atoms with Gasteiger partial charge in [0.15, 0.2) is 0 Å². The van der Waals surface area contributed by atoms with E-state index in [2.05, 4.69) is 31.8 Å². The summed E-state index contributed by atoms with van der Waals surface area (Å²) in [6.07, 6.45) is 8.47. The summed E-state index contributed by atoms with van der Waals surface area (Å²) < 4.78 is 7.26. The topological polar surface area (TPSA) is 64.9 Å². The number of ether oxygens (including phenoxy) is 1. The summed E-state index contributed by atoms with van der Waals surface area (Å²) in [4.78, 5) is 12.8. The normalized spacial score (nSPS) is 10.5. The van der Waals surface area contributed by atoms with E-state index in [4.69, 9.17) is 4.74 Å². The van der Waals surface area contributed by atoms with Crippen LogP contribution in [0, 0.1) is 0 Å². The summed E-state index contributed by atoms with van der Waals surface area (Å²) in [7, 11) is 1.63. The molecule has 0 saturated carbocycles. The first-order valence-corrected chi connectivity index (χ1v) is 6.93. The Morgan fingerprint density at radius 3 is 2.95 bits per heavy atom. The lowest BCUT2D eigenvalue weighted by molar-refractivity contribution is 0.395. The second kappa shape index (κ2) is 7.47. The number of nitrogens with zero attached hydrogens (tertiary/aromatic N) is 4. The standard InChI is InChI=1S/C14H21N5O/c1-3-5-12-17-13(10-14(18-12)20-2)16-6-4-8-19-9-7-15-11-19/h7,9-11H,3-6,8H2,1-2H3,(H,16,17,18). The molecule has 2 aromatic rings. The molecule has 2 aromatic heterocycles. The Kier molecular flexibility index (Phi) is 5.34. The third-order valence-electron chi connectivity index (χ3n) is 2.89. The maximum absolute atomic E-state index is 5.20. The largest absolute Gasteiger partial charge is 0.481 e. The Morgan fingerprint density at radius 2 is 2.25 bits per heavy atom. The third kappa shape index (κ3) is 4.22. The average molecular weight is 275 g/mol. The fourth-order valence-electron chi connectivity index (χ4n) is 1.90. The van der Waals surface area contributed by atoms with E-state index in [1.807, 2.05) is 18.6 Å². The van der Waals surface area contributed by atoms with Crippen molar-refractivity contribution < 1.29 is 4.74 Å². The number of rotatable bonds is 8. The van der Waals surface area contributed by atoms with E-state index in [9.17, 15) is 0 Å². The number of aryl methyl sites for hydroxylation is 2. The highest BCUT2D eigenvalue weighted by Gasteiger charge is 2.04. The minimum absolute atomic E-state index is 0.612. The number of aromatic nitrogens is 4. The molecule has 20 heavy (non-hydrogen) atoms. The van der Waals surface area contributed by atoms with Gasteiger partial charge in [0.25, 0.3) is 0 Å². The van der Waals surface area contributed by atoms with E-state index in [-0.39, 0.29) is 0 Å². The molecule has 0 bridgehead atoms. The molecule has 0 spiro atoms. The van der Waals surface area contributed by atoms with E-state index in [1.165, 1.54) is 0 Å². The van der Waals surface area contributed by atoms with Gasteiger partial charge in [0.1, 0.15) is 11.6 Å². The summed E-state index contributed by atoms with van der Waals surface area (Å²) in [6.45, 7) is 3.90. The van der Waals surface area contributed by atoms with Gasteiger partial charge in [-0.15, -0.1) is 0 Å². The highest BCUT2D eigenvalue weighted by Crippen LogP contribution is 2.14. The second-order valence-electron chi connectivity index (χ2n) is 4.54. The fraction of sp³-hybridized carbons (Fsp3) is 0.500. The first-order chi connectivity index (χ1) is 9.81. The van der Waals surface area contributed by atoms with Crippen LogP contribution in [-0.4, -0.2) is 33.2 Å². The van der Waals surface area contributed by atoms with E-state index in [1.54, 1.807) is 13.3 Å². The van der Waals surface area contributed by atoms with Crippen LogP contribution in [0.1, 0.15) is 25.6 Å². The molecule has 0 aliphatic rings. The molecule has 0 fully saturated rings. The average Bonchev–Trinajstić information content (AvgIpc) is 2.97. The van der Waals surface area contributed by atoms with Gasteiger partial charge in [-0.05, 0) is 12.8 Å². The number of imidazole rings is 1. The molecule has 108 valence electrons. The fourth-order valence-corrected chi connectivity index (χ4v) is 1.90. The lowest BCUT2D eigenvalue weighted by atomic mass is 10.3. The van der Waals surface area contributed by atoms with Crippen LogP contribution in [0.25, 0.3) is 0 Å². The predicted octanol–water partition coefficient (Wildman–Crippen LogP) is 2.14. The summed E-state index contributed by atoms with van der Waals surface area (Å²) in [5.41, 5.74) is 0. The maximum atomic E-state index is 5.20. The molecule has 0 atom stereocenters. The van der Waals surface area contributed by atoms with Gasteiger partial charge in [0, 0.05) is 38.0 Å². The predicted molar refractivity (Wildman–Crippen MR) is 77.9 cm³/mol. The Morgan fingerprint density at radius 1 is 1.35 bits per heavy atom. The molecule has 0 radical (unpaired) electrons. The Balaban J connectivity index is 1.86. The molecule has 1 N–H and O–H groups in total. The molecular formula is C14H21N5O. The highest BCUT2D eigenvalue weighted by molar-refractivity contribution is 5.38. The molecule has 0 amide bonds. The van der Waals surface area contributed by atoms with Gasteiger partial charge < -0.3 is 14.6 Å². The van der Waals surface area contributed by atoms with Crippen molar-refractivity contribution in [2.45, 2.75) is 32.7 Å². The maximum Gasteiger partial charge on any atom is 0.218 e. The van der Waals surface area contributed by atoms with Gasteiger partial charge in [-0.1, -0.05) is 6.92 Å². The van der Waals surface area contributed by atoms with Crippen LogP contribution in [0.5, 0.6) is 5.88 Å². The minimum atomic E-state index is 0.612. The smallest absolute Gasteiger partial charge is 0.218 e. The van der Waals surface area contributed by atoms with Crippen LogP contribution >= 0.6 is 0 Å². The van der Waals surface area contributed by atoms with E-state index in [0.29, 0.717) is 5.88 Å². The second-order valence-corrected chi connectivity index (χ2v) is 4.54. The van der Waals surface area contributed by atoms with Gasteiger partial charge in [-0.2, -0.15) is 4.98 Å². The van der Waals surface area contributed by atoms with Crippen LogP contribution in [0.15, 0.2) is 24.8 Å². The lowest BCUT2D eigenvalue weighted by Gasteiger charge is -2.09. The van der Waals surface area contributed by atoms with E-state index < -0.39 is 0 Å². The SMILES string of the molecule is CCCc1nc(NCCCn2ccnc2)cc(OC)n1. The number of nitrogens with one attached hydrogen (secondary N) is 1. The molecule has 6 heteroatoms. The van der Waals surface area contributed by atoms with Crippen LogP contribution in [-0.2, 0) is 13.0 Å². The van der Waals surface area contributed by atoms with Crippen molar-refractivity contribution in [1.29, 1.82) is 0 Å². The number of hydrogen-bond donors (Lipinski definition) is 1. The first kappa shape index (κ1) is 14.3.